The molecule has 1 aliphatic rings. The third-order valence-corrected chi connectivity index (χ3v) is 2.22. The Balaban J connectivity index is 2.17. The first-order chi connectivity index (χ1) is 6.90. The van der Waals surface area contributed by atoms with Crippen LogP contribution in [0.3, 0.4) is 0 Å². The van der Waals surface area contributed by atoms with Gasteiger partial charge in [-0.05, 0) is 12.1 Å². The SMILES string of the molecule is O=Cc1ccnc(C2COCCN2)c1. The second-order valence-electron chi connectivity index (χ2n) is 3.21. The van der Waals surface area contributed by atoms with Gasteiger partial charge in [0.05, 0.1) is 24.9 Å². The summed E-state index contributed by atoms with van der Waals surface area (Å²) in [5.41, 5.74) is 1.52. The van der Waals surface area contributed by atoms with Gasteiger partial charge in [0.1, 0.15) is 6.29 Å². The molecule has 2 heterocycles. The van der Waals surface area contributed by atoms with Crippen LogP contribution in [-0.2, 0) is 4.74 Å². The third kappa shape index (κ3) is 1.97. The standard InChI is InChI=1S/C10H12N2O2/c13-6-8-1-2-11-9(5-8)10-7-14-4-3-12-10/h1-2,5-6,10,12H,3-4,7H2. The minimum Gasteiger partial charge on any atom is -0.378 e. The molecule has 1 aromatic rings. The van der Waals surface area contributed by atoms with E-state index >= 15 is 0 Å². The molecule has 0 spiro atoms. The van der Waals surface area contributed by atoms with E-state index in [2.05, 4.69) is 10.3 Å². The lowest BCUT2D eigenvalue weighted by atomic mass is 10.1. The van der Waals surface area contributed by atoms with Crippen LogP contribution in [0.15, 0.2) is 18.3 Å². The molecule has 4 heteroatoms. The Labute approximate surface area is 82.3 Å². The molecule has 1 unspecified atom stereocenters. The van der Waals surface area contributed by atoms with Gasteiger partial charge in [0, 0.05) is 18.3 Å². The molecule has 2 rings (SSSR count). The predicted molar refractivity (Wildman–Crippen MR) is 51.2 cm³/mol. The van der Waals surface area contributed by atoms with Gasteiger partial charge in [0.25, 0.3) is 0 Å². The van der Waals surface area contributed by atoms with Crippen LogP contribution in [0, 0.1) is 0 Å². The summed E-state index contributed by atoms with van der Waals surface area (Å²) in [4.78, 5) is 14.8. The van der Waals surface area contributed by atoms with Gasteiger partial charge in [0.15, 0.2) is 0 Å². The summed E-state index contributed by atoms with van der Waals surface area (Å²) in [5, 5.41) is 3.28. The Morgan fingerprint density at radius 2 is 2.57 bits per heavy atom. The molecule has 0 aliphatic carbocycles. The fourth-order valence-corrected chi connectivity index (χ4v) is 1.48. The Morgan fingerprint density at radius 3 is 3.29 bits per heavy atom. The zero-order valence-electron chi connectivity index (χ0n) is 7.77. The highest BCUT2D eigenvalue weighted by atomic mass is 16.5. The molecule has 1 saturated heterocycles. The number of ether oxygens (including phenoxy) is 1. The van der Waals surface area contributed by atoms with Crippen molar-refractivity contribution in [3.8, 4) is 0 Å². The Bertz CT molecular complexity index is 322. The number of aldehydes is 1. The monoisotopic (exact) mass is 192 g/mol. The van der Waals surface area contributed by atoms with Gasteiger partial charge in [-0.15, -0.1) is 0 Å². The van der Waals surface area contributed by atoms with E-state index in [1.807, 2.05) is 0 Å². The van der Waals surface area contributed by atoms with E-state index in [9.17, 15) is 4.79 Å². The van der Waals surface area contributed by atoms with Crippen LogP contribution in [0.1, 0.15) is 22.1 Å². The van der Waals surface area contributed by atoms with Crippen molar-refractivity contribution >= 4 is 6.29 Å². The fourth-order valence-electron chi connectivity index (χ4n) is 1.48. The van der Waals surface area contributed by atoms with Crippen LogP contribution >= 0.6 is 0 Å². The van der Waals surface area contributed by atoms with E-state index in [-0.39, 0.29) is 6.04 Å². The molecule has 1 fully saturated rings. The van der Waals surface area contributed by atoms with Crippen LogP contribution in [0.4, 0.5) is 0 Å². The zero-order chi connectivity index (χ0) is 9.80. The van der Waals surface area contributed by atoms with Gasteiger partial charge in [-0.3, -0.25) is 9.78 Å². The van der Waals surface area contributed by atoms with E-state index in [0.717, 1.165) is 25.1 Å². The van der Waals surface area contributed by atoms with E-state index < -0.39 is 0 Å². The molecule has 1 atom stereocenters. The second kappa shape index (κ2) is 4.30. The first-order valence-electron chi connectivity index (χ1n) is 4.62. The molecule has 1 aliphatic heterocycles. The number of nitrogens with one attached hydrogen (secondary N) is 1. The van der Waals surface area contributed by atoms with Crippen molar-refractivity contribution in [1.29, 1.82) is 0 Å². The predicted octanol–water partition coefficient (Wildman–Crippen LogP) is 0.555. The van der Waals surface area contributed by atoms with Crippen molar-refractivity contribution in [1.82, 2.24) is 10.3 Å². The maximum absolute atomic E-state index is 10.6. The Kier molecular flexibility index (Phi) is 2.86. The number of carbonyl (C=O) groups excluding carboxylic acids is 1. The summed E-state index contributed by atoms with van der Waals surface area (Å²) in [7, 11) is 0. The molecule has 4 nitrogen and oxygen atoms in total. The van der Waals surface area contributed by atoms with Crippen LogP contribution in [-0.4, -0.2) is 31.0 Å². The molecule has 0 aromatic carbocycles. The summed E-state index contributed by atoms with van der Waals surface area (Å²) in [6.45, 7) is 2.19. The topological polar surface area (TPSA) is 51.2 Å². The molecule has 0 saturated carbocycles. The van der Waals surface area contributed by atoms with Crippen molar-refractivity contribution in [2.24, 2.45) is 0 Å². The van der Waals surface area contributed by atoms with E-state index in [1.54, 1.807) is 18.3 Å². The third-order valence-electron chi connectivity index (χ3n) is 2.22. The average Bonchev–Trinajstić information content (AvgIpc) is 2.30. The molecular weight excluding hydrogens is 180 g/mol. The van der Waals surface area contributed by atoms with Gasteiger partial charge in [-0.2, -0.15) is 0 Å². The minimum absolute atomic E-state index is 0.114. The van der Waals surface area contributed by atoms with Gasteiger partial charge in [0.2, 0.25) is 0 Å². The van der Waals surface area contributed by atoms with E-state index in [4.69, 9.17) is 4.74 Å². The highest BCUT2D eigenvalue weighted by Crippen LogP contribution is 2.13. The van der Waals surface area contributed by atoms with E-state index in [1.165, 1.54) is 0 Å². The van der Waals surface area contributed by atoms with E-state index in [0.29, 0.717) is 12.2 Å². The summed E-state index contributed by atoms with van der Waals surface area (Å²) >= 11 is 0. The smallest absolute Gasteiger partial charge is 0.150 e. The summed E-state index contributed by atoms with van der Waals surface area (Å²) in [5.74, 6) is 0. The van der Waals surface area contributed by atoms with Crippen molar-refractivity contribution < 1.29 is 9.53 Å². The zero-order valence-corrected chi connectivity index (χ0v) is 7.77. The highest BCUT2D eigenvalue weighted by molar-refractivity contribution is 5.74. The lowest BCUT2D eigenvalue weighted by molar-refractivity contribution is 0.0756. The van der Waals surface area contributed by atoms with Crippen LogP contribution < -0.4 is 5.32 Å². The minimum atomic E-state index is 0.114. The molecule has 0 amide bonds. The average molecular weight is 192 g/mol. The van der Waals surface area contributed by atoms with Crippen LogP contribution in [0.5, 0.6) is 0 Å². The van der Waals surface area contributed by atoms with Crippen molar-refractivity contribution in [2.75, 3.05) is 19.8 Å². The number of nitrogens with zero attached hydrogens (tertiary/aromatic N) is 1. The Hall–Kier alpha value is -1.26. The van der Waals surface area contributed by atoms with Gasteiger partial charge >= 0.3 is 0 Å². The van der Waals surface area contributed by atoms with Gasteiger partial charge in [-0.1, -0.05) is 0 Å². The van der Waals surface area contributed by atoms with Gasteiger partial charge < -0.3 is 10.1 Å². The molecule has 0 radical (unpaired) electrons. The number of aromatic nitrogens is 1. The first kappa shape index (κ1) is 9.30. The number of pyridine rings is 1. The highest BCUT2D eigenvalue weighted by Gasteiger charge is 2.16. The fraction of sp³-hybridized carbons (Fsp3) is 0.400. The molecule has 14 heavy (non-hydrogen) atoms. The summed E-state index contributed by atoms with van der Waals surface area (Å²) < 4.78 is 5.32. The quantitative estimate of drug-likeness (QED) is 0.695. The second-order valence-corrected chi connectivity index (χ2v) is 3.21. The number of hydrogen-bond acceptors (Lipinski definition) is 4. The first-order valence-corrected chi connectivity index (χ1v) is 4.62. The molecule has 1 aromatic heterocycles. The van der Waals surface area contributed by atoms with Crippen molar-refractivity contribution in [2.45, 2.75) is 6.04 Å². The number of morpholine rings is 1. The molecule has 1 N–H and O–H groups in total. The molecule has 0 bridgehead atoms. The number of hydrogen-bond donors (Lipinski definition) is 1. The normalized spacial score (nSPS) is 21.9. The van der Waals surface area contributed by atoms with Crippen molar-refractivity contribution in [3.05, 3.63) is 29.6 Å². The lowest BCUT2D eigenvalue weighted by Crippen LogP contribution is -2.35. The largest absolute Gasteiger partial charge is 0.378 e. The maximum atomic E-state index is 10.6. The van der Waals surface area contributed by atoms with Crippen LogP contribution in [0.2, 0.25) is 0 Å². The van der Waals surface area contributed by atoms with Crippen molar-refractivity contribution in [3.63, 3.8) is 0 Å². The molecule has 74 valence electrons. The maximum Gasteiger partial charge on any atom is 0.150 e. The van der Waals surface area contributed by atoms with Gasteiger partial charge in [-0.25, -0.2) is 0 Å². The number of carbonyl (C=O) groups is 1. The molecular formula is C10H12N2O2. The summed E-state index contributed by atoms with van der Waals surface area (Å²) in [6.07, 6.45) is 2.48. The lowest BCUT2D eigenvalue weighted by Gasteiger charge is -2.23. The Morgan fingerprint density at radius 1 is 1.64 bits per heavy atom. The number of rotatable bonds is 2. The summed E-state index contributed by atoms with van der Waals surface area (Å²) in [6, 6.07) is 3.60. The van der Waals surface area contributed by atoms with Crippen LogP contribution in [0.25, 0.3) is 0 Å².